The van der Waals surface area contributed by atoms with E-state index in [1.54, 1.807) is 25.1 Å². The highest BCUT2D eigenvalue weighted by Crippen LogP contribution is 2.24. The number of hydrogen-bond acceptors (Lipinski definition) is 5. The normalized spacial score (nSPS) is 15.1. The van der Waals surface area contributed by atoms with Crippen LogP contribution in [-0.4, -0.2) is 32.3 Å². The van der Waals surface area contributed by atoms with Crippen LogP contribution >= 0.6 is 0 Å². The molecule has 2 aromatic rings. The lowest BCUT2D eigenvalue weighted by Gasteiger charge is -2.14. The Balaban J connectivity index is 1.77. The van der Waals surface area contributed by atoms with E-state index in [1.165, 1.54) is 19.1 Å². The molecule has 1 saturated carbocycles. The van der Waals surface area contributed by atoms with Crippen molar-refractivity contribution in [1.29, 1.82) is 0 Å². The van der Waals surface area contributed by atoms with Gasteiger partial charge in [-0.05, 0) is 51.3 Å². The van der Waals surface area contributed by atoms with Crippen molar-refractivity contribution in [2.75, 3.05) is 0 Å². The van der Waals surface area contributed by atoms with Crippen molar-refractivity contribution in [3.63, 3.8) is 0 Å². The van der Waals surface area contributed by atoms with Crippen LogP contribution in [-0.2, 0) is 14.8 Å². The number of nitrogens with one attached hydrogen (secondary N) is 1. The molecule has 0 aromatic heterocycles. The number of carbonyl (C=O) groups is 2. The minimum absolute atomic E-state index is 0.00876. The van der Waals surface area contributed by atoms with E-state index in [2.05, 4.69) is 4.72 Å². The van der Waals surface area contributed by atoms with E-state index in [9.17, 15) is 18.0 Å². The molecular weight excluding hydrogens is 378 g/mol. The van der Waals surface area contributed by atoms with E-state index >= 15 is 0 Å². The molecular formula is C21H23NO5S. The van der Waals surface area contributed by atoms with Crippen LogP contribution in [0, 0.1) is 13.8 Å². The average molecular weight is 401 g/mol. The second-order valence-electron chi connectivity index (χ2n) is 7.15. The van der Waals surface area contributed by atoms with Crippen molar-refractivity contribution in [3.05, 3.63) is 64.7 Å². The predicted octanol–water partition coefficient (Wildman–Crippen LogP) is 3.17. The standard InChI is InChI=1S/C21H23NO5S/c1-13-4-7-16(8-5-13)20(23)15(3)27-21(24)19-12-18(11-6-14(19)2)28(25,26)22-17-9-10-17/h4-8,11-12,15,17,22H,9-10H2,1-3H3/t15-/m0/s1. The van der Waals surface area contributed by atoms with Gasteiger partial charge in [0.05, 0.1) is 10.5 Å². The summed E-state index contributed by atoms with van der Waals surface area (Å²) in [6.07, 6.45) is 0.650. The highest BCUT2D eigenvalue weighted by molar-refractivity contribution is 7.89. The fourth-order valence-electron chi connectivity index (χ4n) is 2.71. The molecule has 0 saturated heterocycles. The Bertz CT molecular complexity index is 1010. The molecule has 1 aliphatic rings. The molecule has 0 amide bonds. The summed E-state index contributed by atoms with van der Waals surface area (Å²) in [6, 6.07) is 11.3. The second kappa shape index (κ2) is 7.85. The molecule has 0 aliphatic heterocycles. The molecule has 2 aromatic carbocycles. The van der Waals surface area contributed by atoms with Crippen molar-refractivity contribution in [1.82, 2.24) is 4.72 Å². The topological polar surface area (TPSA) is 89.5 Å². The molecule has 1 N–H and O–H groups in total. The van der Waals surface area contributed by atoms with Crippen molar-refractivity contribution < 1.29 is 22.7 Å². The third-order valence-corrected chi connectivity index (χ3v) is 6.15. The maximum Gasteiger partial charge on any atom is 0.339 e. The molecule has 1 fully saturated rings. The fourth-order valence-corrected chi connectivity index (χ4v) is 4.04. The summed E-state index contributed by atoms with van der Waals surface area (Å²) in [5.74, 6) is -1.04. The number of benzene rings is 2. The van der Waals surface area contributed by atoms with Gasteiger partial charge in [0.25, 0.3) is 0 Å². The van der Waals surface area contributed by atoms with Crippen molar-refractivity contribution >= 4 is 21.8 Å². The van der Waals surface area contributed by atoms with E-state index in [0.29, 0.717) is 11.1 Å². The highest BCUT2D eigenvalue weighted by atomic mass is 32.2. The Morgan fingerprint density at radius 1 is 1.07 bits per heavy atom. The lowest BCUT2D eigenvalue weighted by atomic mass is 10.1. The molecule has 1 atom stereocenters. The van der Waals surface area contributed by atoms with Gasteiger partial charge in [0, 0.05) is 11.6 Å². The van der Waals surface area contributed by atoms with Crippen molar-refractivity contribution in [3.8, 4) is 0 Å². The van der Waals surface area contributed by atoms with Gasteiger partial charge in [-0.1, -0.05) is 35.9 Å². The molecule has 0 radical (unpaired) electrons. The number of hydrogen-bond donors (Lipinski definition) is 1. The van der Waals surface area contributed by atoms with Gasteiger partial charge in [-0.2, -0.15) is 0 Å². The number of Topliss-reactive ketones (excluding diaryl/α,β-unsaturated/α-hetero) is 1. The summed E-state index contributed by atoms with van der Waals surface area (Å²) in [6.45, 7) is 5.11. The van der Waals surface area contributed by atoms with Gasteiger partial charge in [-0.3, -0.25) is 4.79 Å². The number of esters is 1. The van der Waals surface area contributed by atoms with Gasteiger partial charge in [0.2, 0.25) is 15.8 Å². The minimum atomic E-state index is -3.69. The summed E-state index contributed by atoms with van der Waals surface area (Å²) in [5.41, 5.74) is 2.18. The first kappa shape index (κ1) is 20.2. The third-order valence-electron chi connectivity index (χ3n) is 4.63. The van der Waals surface area contributed by atoms with Crippen LogP contribution in [0.3, 0.4) is 0 Å². The Morgan fingerprint density at radius 2 is 1.71 bits per heavy atom. The smallest absolute Gasteiger partial charge is 0.339 e. The quantitative estimate of drug-likeness (QED) is 0.569. The van der Waals surface area contributed by atoms with Gasteiger partial charge in [0.15, 0.2) is 6.10 Å². The zero-order valence-corrected chi connectivity index (χ0v) is 16.9. The molecule has 1 aliphatic carbocycles. The van der Waals surface area contributed by atoms with Gasteiger partial charge in [-0.15, -0.1) is 0 Å². The molecule has 148 valence electrons. The highest BCUT2D eigenvalue weighted by Gasteiger charge is 2.29. The molecule has 0 bridgehead atoms. The number of aryl methyl sites for hydroxylation is 2. The molecule has 7 heteroatoms. The Labute approximate surface area is 165 Å². The molecule has 3 rings (SSSR count). The first-order valence-electron chi connectivity index (χ1n) is 9.12. The maximum absolute atomic E-state index is 12.6. The first-order chi connectivity index (χ1) is 13.2. The average Bonchev–Trinajstić information content (AvgIpc) is 3.45. The van der Waals surface area contributed by atoms with Crippen LogP contribution in [0.15, 0.2) is 47.4 Å². The predicted molar refractivity (Wildman–Crippen MR) is 105 cm³/mol. The van der Waals surface area contributed by atoms with E-state index in [1.807, 2.05) is 19.1 Å². The molecule has 0 spiro atoms. The molecule has 0 heterocycles. The van der Waals surface area contributed by atoms with Crippen LogP contribution in [0.2, 0.25) is 0 Å². The second-order valence-corrected chi connectivity index (χ2v) is 8.86. The summed E-state index contributed by atoms with van der Waals surface area (Å²) in [4.78, 5) is 25.1. The molecule has 0 unspecified atom stereocenters. The van der Waals surface area contributed by atoms with Crippen molar-refractivity contribution in [2.24, 2.45) is 0 Å². The van der Waals surface area contributed by atoms with Crippen LogP contribution in [0.4, 0.5) is 0 Å². The van der Waals surface area contributed by atoms with Crippen LogP contribution in [0.5, 0.6) is 0 Å². The minimum Gasteiger partial charge on any atom is -0.451 e. The Morgan fingerprint density at radius 3 is 2.32 bits per heavy atom. The summed E-state index contributed by atoms with van der Waals surface area (Å²) in [5, 5.41) is 0. The van der Waals surface area contributed by atoms with E-state index in [4.69, 9.17) is 4.74 Å². The number of ether oxygens (including phenoxy) is 1. The molecule has 28 heavy (non-hydrogen) atoms. The zero-order valence-electron chi connectivity index (χ0n) is 16.1. The Hall–Kier alpha value is -2.51. The summed E-state index contributed by atoms with van der Waals surface area (Å²) in [7, 11) is -3.69. The van der Waals surface area contributed by atoms with Gasteiger partial charge in [0.1, 0.15) is 0 Å². The fraction of sp³-hybridized carbons (Fsp3) is 0.333. The number of sulfonamides is 1. The van der Waals surface area contributed by atoms with Crippen LogP contribution < -0.4 is 4.72 Å². The summed E-state index contributed by atoms with van der Waals surface area (Å²) >= 11 is 0. The third kappa shape index (κ3) is 4.66. The summed E-state index contributed by atoms with van der Waals surface area (Å²) < 4.78 is 32.7. The lowest BCUT2D eigenvalue weighted by molar-refractivity contribution is 0.0318. The Kier molecular flexibility index (Phi) is 5.67. The van der Waals surface area contributed by atoms with Crippen LogP contribution in [0.1, 0.15) is 51.6 Å². The number of rotatable bonds is 7. The van der Waals surface area contributed by atoms with E-state index in [0.717, 1.165) is 18.4 Å². The first-order valence-corrected chi connectivity index (χ1v) is 10.6. The lowest BCUT2D eigenvalue weighted by Crippen LogP contribution is -2.27. The van der Waals surface area contributed by atoms with E-state index in [-0.39, 0.29) is 22.3 Å². The largest absolute Gasteiger partial charge is 0.451 e. The maximum atomic E-state index is 12.6. The monoisotopic (exact) mass is 401 g/mol. The number of ketones is 1. The SMILES string of the molecule is Cc1ccc(C(=O)[C@H](C)OC(=O)c2cc(S(=O)(=O)NC3CC3)ccc2C)cc1. The molecule has 6 nitrogen and oxygen atoms in total. The van der Waals surface area contributed by atoms with Gasteiger partial charge < -0.3 is 4.74 Å². The van der Waals surface area contributed by atoms with Crippen LogP contribution in [0.25, 0.3) is 0 Å². The van der Waals surface area contributed by atoms with E-state index < -0.39 is 22.1 Å². The zero-order chi connectivity index (χ0) is 20.5. The van der Waals surface area contributed by atoms with Crippen molar-refractivity contribution in [2.45, 2.75) is 50.7 Å². The number of carbonyl (C=O) groups excluding carboxylic acids is 2. The van der Waals surface area contributed by atoms with Gasteiger partial charge >= 0.3 is 5.97 Å². The van der Waals surface area contributed by atoms with Gasteiger partial charge in [-0.25, -0.2) is 17.9 Å².